The molecule has 1 saturated heterocycles. The minimum absolute atomic E-state index is 0.0225. The molecule has 3 nitrogen and oxygen atoms in total. The third-order valence-corrected chi connectivity index (χ3v) is 3.63. The maximum absolute atomic E-state index is 11.7. The van der Waals surface area contributed by atoms with E-state index in [1.54, 1.807) is 0 Å². The molecule has 0 radical (unpaired) electrons. The van der Waals surface area contributed by atoms with E-state index >= 15 is 0 Å². The zero-order chi connectivity index (χ0) is 10.4. The number of amides is 1. The Morgan fingerprint density at radius 2 is 2.29 bits per heavy atom. The molecule has 1 atom stereocenters. The SMILES string of the molecule is CCC(CC)NC(=O)C1CSCCN1. The van der Waals surface area contributed by atoms with Crippen molar-refractivity contribution < 1.29 is 4.79 Å². The van der Waals surface area contributed by atoms with E-state index in [4.69, 9.17) is 0 Å². The van der Waals surface area contributed by atoms with Gasteiger partial charge in [0.1, 0.15) is 0 Å². The van der Waals surface area contributed by atoms with Crippen LogP contribution in [-0.4, -0.2) is 36.0 Å². The standard InChI is InChI=1S/C10H20N2OS/c1-3-8(4-2)12-10(13)9-7-14-6-5-11-9/h8-9,11H,3-7H2,1-2H3,(H,12,13). The lowest BCUT2D eigenvalue weighted by molar-refractivity contribution is -0.123. The summed E-state index contributed by atoms with van der Waals surface area (Å²) < 4.78 is 0. The molecule has 1 rings (SSSR count). The summed E-state index contributed by atoms with van der Waals surface area (Å²) in [7, 11) is 0. The number of carbonyl (C=O) groups is 1. The second-order valence-corrected chi connectivity index (χ2v) is 4.75. The van der Waals surface area contributed by atoms with Gasteiger partial charge in [-0.2, -0.15) is 11.8 Å². The third kappa shape index (κ3) is 3.50. The molecule has 0 aromatic rings. The molecular weight excluding hydrogens is 196 g/mol. The van der Waals surface area contributed by atoms with Crippen LogP contribution in [-0.2, 0) is 4.79 Å². The molecule has 0 aromatic heterocycles. The van der Waals surface area contributed by atoms with Crippen LogP contribution in [0.15, 0.2) is 0 Å². The average molecular weight is 216 g/mol. The van der Waals surface area contributed by atoms with Crippen LogP contribution in [0.3, 0.4) is 0 Å². The van der Waals surface area contributed by atoms with Gasteiger partial charge < -0.3 is 10.6 Å². The van der Waals surface area contributed by atoms with Gasteiger partial charge >= 0.3 is 0 Å². The molecule has 82 valence electrons. The lowest BCUT2D eigenvalue weighted by Crippen LogP contribution is -2.51. The largest absolute Gasteiger partial charge is 0.352 e. The predicted octanol–water partition coefficient (Wildman–Crippen LogP) is 0.996. The van der Waals surface area contributed by atoms with Crippen molar-refractivity contribution in [3.63, 3.8) is 0 Å². The summed E-state index contributed by atoms with van der Waals surface area (Å²) in [5.74, 6) is 2.20. The molecule has 1 aliphatic heterocycles. The summed E-state index contributed by atoms with van der Waals surface area (Å²) in [6, 6.07) is 0.366. The van der Waals surface area contributed by atoms with E-state index in [2.05, 4.69) is 24.5 Å². The average Bonchev–Trinajstić information content (AvgIpc) is 2.26. The Morgan fingerprint density at radius 1 is 1.57 bits per heavy atom. The highest BCUT2D eigenvalue weighted by Crippen LogP contribution is 2.08. The fraction of sp³-hybridized carbons (Fsp3) is 0.900. The topological polar surface area (TPSA) is 41.1 Å². The fourth-order valence-corrected chi connectivity index (χ4v) is 2.46. The number of hydrogen-bond acceptors (Lipinski definition) is 3. The molecule has 0 saturated carbocycles. The first-order chi connectivity index (χ1) is 6.77. The smallest absolute Gasteiger partial charge is 0.238 e. The van der Waals surface area contributed by atoms with Gasteiger partial charge in [-0.15, -0.1) is 0 Å². The molecule has 1 unspecified atom stereocenters. The Bertz CT molecular complexity index is 177. The Labute approximate surface area is 90.4 Å². The third-order valence-electron chi connectivity index (χ3n) is 2.57. The molecule has 4 heteroatoms. The van der Waals surface area contributed by atoms with Crippen molar-refractivity contribution in [3.8, 4) is 0 Å². The molecule has 0 aliphatic carbocycles. The summed E-state index contributed by atoms with van der Waals surface area (Å²) >= 11 is 1.85. The van der Waals surface area contributed by atoms with Gasteiger partial charge in [0, 0.05) is 24.1 Å². The van der Waals surface area contributed by atoms with Gasteiger partial charge in [0.2, 0.25) is 5.91 Å². The van der Waals surface area contributed by atoms with Gasteiger partial charge in [-0.05, 0) is 12.8 Å². The van der Waals surface area contributed by atoms with Gasteiger partial charge in [0.05, 0.1) is 6.04 Å². The van der Waals surface area contributed by atoms with Crippen LogP contribution in [0.25, 0.3) is 0 Å². The first-order valence-electron chi connectivity index (χ1n) is 5.39. The number of thioether (sulfide) groups is 1. The number of carbonyl (C=O) groups excluding carboxylic acids is 1. The van der Waals surface area contributed by atoms with E-state index in [0.717, 1.165) is 30.9 Å². The Balaban J connectivity index is 2.32. The van der Waals surface area contributed by atoms with E-state index in [9.17, 15) is 4.79 Å². The van der Waals surface area contributed by atoms with Crippen molar-refractivity contribution >= 4 is 17.7 Å². The molecule has 1 fully saturated rings. The fourth-order valence-electron chi connectivity index (χ4n) is 1.53. The van der Waals surface area contributed by atoms with Crippen LogP contribution < -0.4 is 10.6 Å². The Morgan fingerprint density at radius 3 is 2.79 bits per heavy atom. The predicted molar refractivity (Wildman–Crippen MR) is 61.6 cm³/mol. The van der Waals surface area contributed by atoms with Gasteiger partial charge in [-0.3, -0.25) is 4.79 Å². The van der Waals surface area contributed by atoms with Gasteiger partial charge in [-0.1, -0.05) is 13.8 Å². The Kier molecular flexibility index (Phi) is 5.33. The highest BCUT2D eigenvalue weighted by atomic mass is 32.2. The molecular formula is C10H20N2OS. The summed E-state index contributed by atoms with van der Waals surface area (Å²) in [6.45, 7) is 5.17. The van der Waals surface area contributed by atoms with E-state index in [-0.39, 0.29) is 11.9 Å². The molecule has 1 heterocycles. The molecule has 14 heavy (non-hydrogen) atoms. The number of nitrogens with one attached hydrogen (secondary N) is 2. The van der Waals surface area contributed by atoms with Crippen molar-refractivity contribution in [2.45, 2.75) is 38.8 Å². The maximum atomic E-state index is 11.7. The van der Waals surface area contributed by atoms with Crippen LogP contribution in [0, 0.1) is 0 Å². The quantitative estimate of drug-likeness (QED) is 0.736. The summed E-state index contributed by atoms with van der Waals surface area (Å²) in [4.78, 5) is 11.7. The summed E-state index contributed by atoms with van der Waals surface area (Å²) in [5, 5.41) is 6.31. The lowest BCUT2D eigenvalue weighted by Gasteiger charge is -2.24. The van der Waals surface area contributed by atoms with E-state index in [1.807, 2.05) is 11.8 Å². The summed E-state index contributed by atoms with van der Waals surface area (Å²) in [5.41, 5.74) is 0. The molecule has 0 spiro atoms. The highest BCUT2D eigenvalue weighted by molar-refractivity contribution is 7.99. The minimum Gasteiger partial charge on any atom is -0.352 e. The zero-order valence-electron chi connectivity index (χ0n) is 9.01. The number of rotatable bonds is 4. The van der Waals surface area contributed by atoms with Crippen molar-refractivity contribution in [1.29, 1.82) is 0 Å². The second-order valence-electron chi connectivity index (χ2n) is 3.60. The monoisotopic (exact) mass is 216 g/mol. The second kappa shape index (κ2) is 6.30. The molecule has 1 aliphatic rings. The summed E-state index contributed by atoms with van der Waals surface area (Å²) in [6.07, 6.45) is 2.03. The van der Waals surface area contributed by atoms with Crippen molar-refractivity contribution in [2.24, 2.45) is 0 Å². The first-order valence-corrected chi connectivity index (χ1v) is 6.54. The van der Waals surface area contributed by atoms with Crippen LogP contribution in [0.2, 0.25) is 0 Å². The van der Waals surface area contributed by atoms with Crippen molar-refractivity contribution in [2.75, 3.05) is 18.1 Å². The maximum Gasteiger partial charge on any atom is 0.238 e. The van der Waals surface area contributed by atoms with Crippen molar-refractivity contribution in [1.82, 2.24) is 10.6 Å². The Hall–Kier alpha value is -0.220. The zero-order valence-corrected chi connectivity index (χ0v) is 9.82. The number of hydrogen-bond donors (Lipinski definition) is 2. The van der Waals surface area contributed by atoms with Gasteiger partial charge in [0.15, 0.2) is 0 Å². The van der Waals surface area contributed by atoms with Crippen LogP contribution in [0.1, 0.15) is 26.7 Å². The normalized spacial score (nSPS) is 22.4. The molecule has 0 aromatic carbocycles. The van der Waals surface area contributed by atoms with Crippen molar-refractivity contribution in [3.05, 3.63) is 0 Å². The van der Waals surface area contributed by atoms with Gasteiger partial charge in [0.25, 0.3) is 0 Å². The van der Waals surface area contributed by atoms with Crippen LogP contribution in [0.5, 0.6) is 0 Å². The highest BCUT2D eigenvalue weighted by Gasteiger charge is 2.21. The van der Waals surface area contributed by atoms with Crippen LogP contribution >= 0.6 is 11.8 Å². The van der Waals surface area contributed by atoms with Gasteiger partial charge in [-0.25, -0.2) is 0 Å². The lowest BCUT2D eigenvalue weighted by atomic mass is 10.1. The molecule has 1 amide bonds. The van der Waals surface area contributed by atoms with E-state index in [0.29, 0.717) is 6.04 Å². The van der Waals surface area contributed by atoms with Crippen LogP contribution in [0.4, 0.5) is 0 Å². The van der Waals surface area contributed by atoms with E-state index in [1.165, 1.54) is 0 Å². The first kappa shape index (κ1) is 11.9. The van der Waals surface area contributed by atoms with E-state index < -0.39 is 0 Å². The molecule has 2 N–H and O–H groups in total. The molecule has 0 bridgehead atoms. The minimum atomic E-state index is 0.0225.